The Hall–Kier alpha value is -0.440. The first kappa shape index (κ1) is 12.0. The van der Waals surface area contributed by atoms with E-state index in [1.54, 1.807) is 6.07 Å². The fraction of sp³-hybridized carbons (Fsp3) is 0.500. The van der Waals surface area contributed by atoms with Gasteiger partial charge >= 0.3 is 0 Å². The maximum absolute atomic E-state index is 6.08. The Balaban J connectivity index is 2.11. The van der Waals surface area contributed by atoms with E-state index in [9.17, 15) is 0 Å². The standard InChI is InChI=1S/C12H15Cl2NO/c1-8-11(3-2-10(13)12(8)14)16-9-4-6-15-7-5-9/h2-3,9,15H,4-7H2,1H3. The van der Waals surface area contributed by atoms with Crippen molar-refractivity contribution in [3.63, 3.8) is 0 Å². The number of nitrogens with one attached hydrogen (secondary N) is 1. The van der Waals surface area contributed by atoms with Crippen molar-refractivity contribution in [2.45, 2.75) is 25.9 Å². The average molecular weight is 260 g/mol. The van der Waals surface area contributed by atoms with E-state index >= 15 is 0 Å². The Morgan fingerprint density at radius 3 is 2.62 bits per heavy atom. The number of hydrogen-bond donors (Lipinski definition) is 1. The van der Waals surface area contributed by atoms with Gasteiger partial charge in [0, 0.05) is 5.56 Å². The molecule has 1 aliphatic heterocycles. The molecule has 0 aromatic heterocycles. The van der Waals surface area contributed by atoms with Gasteiger partial charge in [-0.15, -0.1) is 0 Å². The number of ether oxygens (including phenoxy) is 1. The van der Waals surface area contributed by atoms with Crippen molar-refractivity contribution in [3.8, 4) is 5.75 Å². The zero-order valence-electron chi connectivity index (χ0n) is 9.22. The van der Waals surface area contributed by atoms with Gasteiger partial charge in [-0.2, -0.15) is 0 Å². The predicted octanol–water partition coefficient (Wildman–Crippen LogP) is 3.43. The van der Waals surface area contributed by atoms with Crippen molar-refractivity contribution in [1.29, 1.82) is 0 Å². The summed E-state index contributed by atoms with van der Waals surface area (Å²) in [7, 11) is 0. The van der Waals surface area contributed by atoms with E-state index in [0.717, 1.165) is 37.2 Å². The summed E-state index contributed by atoms with van der Waals surface area (Å²) in [6.45, 7) is 3.97. The van der Waals surface area contributed by atoms with Crippen LogP contribution in [0.2, 0.25) is 10.0 Å². The molecule has 0 spiro atoms. The molecule has 1 N–H and O–H groups in total. The normalized spacial score (nSPS) is 17.4. The van der Waals surface area contributed by atoms with Crippen LogP contribution in [0.5, 0.6) is 5.75 Å². The molecule has 1 aliphatic rings. The summed E-state index contributed by atoms with van der Waals surface area (Å²) in [6, 6.07) is 3.68. The number of benzene rings is 1. The summed E-state index contributed by atoms with van der Waals surface area (Å²) in [5.74, 6) is 0.848. The first-order valence-corrected chi connectivity index (χ1v) is 6.26. The molecule has 0 bridgehead atoms. The third-order valence-electron chi connectivity index (χ3n) is 2.87. The van der Waals surface area contributed by atoms with Gasteiger partial charge in [-0.05, 0) is 45.0 Å². The van der Waals surface area contributed by atoms with Crippen LogP contribution in [0.4, 0.5) is 0 Å². The summed E-state index contributed by atoms with van der Waals surface area (Å²) in [5, 5.41) is 4.48. The molecule has 0 atom stereocenters. The van der Waals surface area contributed by atoms with E-state index < -0.39 is 0 Å². The molecule has 2 rings (SSSR count). The Morgan fingerprint density at radius 1 is 1.25 bits per heavy atom. The molecule has 1 saturated heterocycles. The molecule has 0 amide bonds. The molecule has 0 saturated carbocycles. The van der Waals surface area contributed by atoms with E-state index in [4.69, 9.17) is 27.9 Å². The van der Waals surface area contributed by atoms with Crippen molar-refractivity contribution in [2.24, 2.45) is 0 Å². The van der Waals surface area contributed by atoms with Gasteiger partial charge in [0.05, 0.1) is 10.0 Å². The minimum absolute atomic E-state index is 0.289. The number of rotatable bonds is 2. The lowest BCUT2D eigenvalue weighted by atomic mass is 10.1. The lowest BCUT2D eigenvalue weighted by Crippen LogP contribution is -2.34. The van der Waals surface area contributed by atoms with Gasteiger partial charge in [-0.1, -0.05) is 23.2 Å². The highest BCUT2D eigenvalue weighted by molar-refractivity contribution is 6.42. The quantitative estimate of drug-likeness (QED) is 0.879. The second-order valence-electron chi connectivity index (χ2n) is 4.05. The van der Waals surface area contributed by atoms with Crippen molar-refractivity contribution < 1.29 is 4.74 Å². The third-order valence-corrected chi connectivity index (χ3v) is 3.77. The fourth-order valence-corrected chi connectivity index (χ4v) is 2.22. The SMILES string of the molecule is Cc1c(OC2CCNCC2)ccc(Cl)c1Cl. The molecule has 2 nitrogen and oxygen atoms in total. The van der Waals surface area contributed by atoms with Crippen molar-refractivity contribution in [1.82, 2.24) is 5.32 Å². The minimum Gasteiger partial charge on any atom is -0.490 e. The third kappa shape index (κ3) is 2.62. The summed E-state index contributed by atoms with van der Waals surface area (Å²) < 4.78 is 5.94. The van der Waals surface area contributed by atoms with Crippen LogP contribution in [-0.4, -0.2) is 19.2 Å². The predicted molar refractivity (Wildman–Crippen MR) is 67.7 cm³/mol. The van der Waals surface area contributed by atoms with Gasteiger partial charge in [0.25, 0.3) is 0 Å². The molecule has 1 fully saturated rings. The molecule has 0 unspecified atom stereocenters. The fourth-order valence-electron chi connectivity index (χ4n) is 1.85. The summed E-state index contributed by atoms with van der Waals surface area (Å²) >= 11 is 12.0. The minimum atomic E-state index is 0.289. The molecule has 1 aromatic rings. The van der Waals surface area contributed by atoms with E-state index in [-0.39, 0.29) is 6.10 Å². The molecule has 0 radical (unpaired) electrons. The van der Waals surface area contributed by atoms with Crippen molar-refractivity contribution in [2.75, 3.05) is 13.1 Å². The molecule has 0 aliphatic carbocycles. The smallest absolute Gasteiger partial charge is 0.124 e. The highest BCUT2D eigenvalue weighted by Crippen LogP contribution is 2.33. The van der Waals surface area contributed by atoms with E-state index in [1.165, 1.54) is 0 Å². The van der Waals surface area contributed by atoms with Gasteiger partial charge < -0.3 is 10.1 Å². The highest BCUT2D eigenvalue weighted by Gasteiger charge is 2.16. The Bertz CT molecular complexity index is 376. The van der Waals surface area contributed by atoms with E-state index in [0.29, 0.717) is 10.0 Å². The highest BCUT2D eigenvalue weighted by atomic mass is 35.5. The largest absolute Gasteiger partial charge is 0.490 e. The van der Waals surface area contributed by atoms with Crippen LogP contribution < -0.4 is 10.1 Å². The maximum Gasteiger partial charge on any atom is 0.124 e. The first-order valence-electron chi connectivity index (χ1n) is 5.50. The summed E-state index contributed by atoms with van der Waals surface area (Å²) in [4.78, 5) is 0. The lowest BCUT2D eigenvalue weighted by Gasteiger charge is -2.25. The zero-order chi connectivity index (χ0) is 11.5. The van der Waals surface area contributed by atoms with Gasteiger partial charge in [0.1, 0.15) is 11.9 Å². The van der Waals surface area contributed by atoms with Crippen molar-refractivity contribution >= 4 is 23.2 Å². The van der Waals surface area contributed by atoms with Crippen LogP contribution in [0.15, 0.2) is 12.1 Å². The van der Waals surface area contributed by atoms with E-state index in [2.05, 4.69) is 5.32 Å². The average Bonchev–Trinajstić information content (AvgIpc) is 2.31. The van der Waals surface area contributed by atoms with Crippen LogP contribution in [0.25, 0.3) is 0 Å². The molecule has 1 aromatic carbocycles. The number of halogens is 2. The van der Waals surface area contributed by atoms with Crippen LogP contribution >= 0.6 is 23.2 Å². The van der Waals surface area contributed by atoms with Gasteiger partial charge in [-0.25, -0.2) is 0 Å². The maximum atomic E-state index is 6.08. The first-order chi connectivity index (χ1) is 7.68. The van der Waals surface area contributed by atoms with Crippen LogP contribution in [0, 0.1) is 6.92 Å². The molecule has 4 heteroatoms. The van der Waals surface area contributed by atoms with Crippen LogP contribution in [-0.2, 0) is 0 Å². The zero-order valence-corrected chi connectivity index (χ0v) is 10.7. The van der Waals surface area contributed by atoms with Gasteiger partial charge in [-0.3, -0.25) is 0 Å². The Labute approximate surface area is 106 Å². The second kappa shape index (κ2) is 5.26. The topological polar surface area (TPSA) is 21.3 Å². The summed E-state index contributed by atoms with van der Waals surface area (Å²) in [6.07, 6.45) is 2.37. The molecular weight excluding hydrogens is 245 g/mol. The summed E-state index contributed by atoms with van der Waals surface area (Å²) in [5.41, 5.74) is 0.924. The van der Waals surface area contributed by atoms with Crippen LogP contribution in [0.1, 0.15) is 18.4 Å². The van der Waals surface area contributed by atoms with E-state index in [1.807, 2.05) is 13.0 Å². The molecule has 16 heavy (non-hydrogen) atoms. The Morgan fingerprint density at radius 2 is 1.94 bits per heavy atom. The number of piperidine rings is 1. The monoisotopic (exact) mass is 259 g/mol. The van der Waals surface area contributed by atoms with Crippen LogP contribution in [0.3, 0.4) is 0 Å². The van der Waals surface area contributed by atoms with Crippen molar-refractivity contribution in [3.05, 3.63) is 27.7 Å². The van der Waals surface area contributed by atoms with Gasteiger partial charge in [0.15, 0.2) is 0 Å². The van der Waals surface area contributed by atoms with Gasteiger partial charge in [0.2, 0.25) is 0 Å². The molecule has 88 valence electrons. The Kier molecular flexibility index (Phi) is 3.95. The second-order valence-corrected chi connectivity index (χ2v) is 4.84. The number of hydrogen-bond acceptors (Lipinski definition) is 2. The molecular formula is C12H15Cl2NO. The molecule has 1 heterocycles. The lowest BCUT2D eigenvalue weighted by molar-refractivity contribution is 0.161.